The van der Waals surface area contributed by atoms with Crippen molar-refractivity contribution >= 4 is 0 Å². The molecule has 0 aliphatic rings. The van der Waals surface area contributed by atoms with Gasteiger partial charge in [-0.05, 0) is 12.1 Å². The van der Waals surface area contributed by atoms with Crippen LogP contribution in [0.1, 0.15) is 5.56 Å². The van der Waals surface area contributed by atoms with Crippen molar-refractivity contribution in [2.24, 2.45) is 0 Å². The zero-order chi connectivity index (χ0) is 18.1. The fraction of sp³-hybridized carbons (Fsp3) is 0.0625. The molecule has 2 aromatic carbocycles. The van der Waals surface area contributed by atoms with Crippen LogP contribution in [0.25, 0.3) is 16.9 Å². The van der Waals surface area contributed by atoms with Crippen molar-refractivity contribution in [3.63, 3.8) is 0 Å². The maximum Gasteiger partial charge on any atom is 0.189 e. The van der Waals surface area contributed by atoms with E-state index in [9.17, 15) is 17.6 Å². The summed E-state index contributed by atoms with van der Waals surface area (Å²) in [6.07, 6.45) is 1.09. The molecule has 0 bridgehead atoms. The molecule has 3 rings (SSSR count). The predicted octanol–water partition coefficient (Wildman–Crippen LogP) is 3.37. The SMILES string of the molecule is COc1ccccc1-c1cn(-c2c(F)c(F)c(C#N)c(F)c2F)nn1. The number of hydrogen-bond acceptors (Lipinski definition) is 4. The first-order valence-corrected chi connectivity index (χ1v) is 6.81. The van der Waals surface area contributed by atoms with Gasteiger partial charge in [-0.15, -0.1) is 5.10 Å². The van der Waals surface area contributed by atoms with Crippen molar-refractivity contribution in [1.82, 2.24) is 15.0 Å². The minimum Gasteiger partial charge on any atom is -0.496 e. The Labute approximate surface area is 138 Å². The minimum atomic E-state index is -1.80. The lowest BCUT2D eigenvalue weighted by Crippen LogP contribution is -2.10. The van der Waals surface area contributed by atoms with Gasteiger partial charge in [-0.25, -0.2) is 22.2 Å². The summed E-state index contributed by atoms with van der Waals surface area (Å²) in [4.78, 5) is 0. The highest BCUT2D eigenvalue weighted by Gasteiger charge is 2.27. The fourth-order valence-corrected chi connectivity index (χ4v) is 2.27. The summed E-state index contributed by atoms with van der Waals surface area (Å²) in [7, 11) is 1.42. The number of para-hydroxylation sites is 1. The normalized spacial score (nSPS) is 10.6. The summed E-state index contributed by atoms with van der Waals surface area (Å²) >= 11 is 0. The van der Waals surface area contributed by atoms with E-state index in [0.717, 1.165) is 12.3 Å². The van der Waals surface area contributed by atoms with Crippen LogP contribution >= 0.6 is 0 Å². The molecular weight excluding hydrogens is 340 g/mol. The van der Waals surface area contributed by atoms with Gasteiger partial charge in [0.15, 0.2) is 23.3 Å². The van der Waals surface area contributed by atoms with E-state index in [4.69, 9.17) is 10.00 Å². The van der Waals surface area contributed by atoms with Crippen LogP contribution in [0.15, 0.2) is 30.5 Å². The molecule has 25 heavy (non-hydrogen) atoms. The van der Waals surface area contributed by atoms with Gasteiger partial charge in [-0.1, -0.05) is 17.3 Å². The second kappa shape index (κ2) is 6.24. The number of methoxy groups -OCH3 is 1. The third kappa shape index (κ3) is 2.57. The van der Waals surface area contributed by atoms with E-state index in [1.807, 2.05) is 0 Å². The molecule has 5 nitrogen and oxygen atoms in total. The highest BCUT2D eigenvalue weighted by Crippen LogP contribution is 2.30. The van der Waals surface area contributed by atoms with Crippen molar-refractivity contribution in [2.45, 2.75) is 0 Å². The van der Waals surface area contributed by atoms with Crippen LogP contribution in [0.5, 0.6) is 5.75 Å². The van der Waals surface area contributed by atoms with Gasteiger partial charge in [0.2, 0.25) is 0 Å². The fourth-order valence-electron chi connectivity index (χ4n) is 2.27. The lowest BCUT2D eigenvalue weighted by Gasteiger charge is -2.07. The summed E-state index contributed by atoms with van der Waals surface area (Å²) < 4.78 is 61.4. The van der Waals surface area contributed by atoms with Gasteiger partial charge >= 0.3 is 0 Å². The van der Waals surface area contributed by atoms with Gasteiger partial charge in [-0.3, -0.25) is 0 Å². The Bertz CT molecular complexity index is 981. The van der Waals surface area contributed by atoms with E-state index >= 15 is 0 Å². The summed E-state index contributed by atoms with van der Waals surface area (Å²) in [6, 6.07) is 7.72. The standard InChI is InChI=1S/C16H8F4N4O/c1-25-11-5-3-2-4-8(11)10-7-24(23-22-10)16-14(19)12(17)9(6-21)13(18)15(16)20/h2-5,7H,1H3. The van der Waals surface area contributed by atoms with Crippen LogP contribution in [0, 0.1) is 34.6 Å². The molecule has 0 unspecified atom stereocenters. The molecule has 0 amide bonds. The maximum atomic E-state index is 14.1. The molecule has 0 saturated carbocycles. The van der Waals surface area contributed by atoms with E-state index in [1.54, 1.807) is 24.3 Å². The van der Waals surface area contributed by atoms with Crippen LogP contribution in [0.4, 0.5) is 17.6 Å². The zero-order valence-electron chi connectivity index (χ0n) is 12.6. The first-order valence-electron chi connectivity index (χ1n) is 6.81. The van der Waals surface area contributed by atoms with Gasteiger partial charge in [0.1, 0.15) is 28.8 Å². The second-order valence-electron chi connectivity index (χ2n) is 4.84. The predicted molar refractivity (Wildman–Crippen MR) is 77.9 cm³/mol. The van der Waals surface area contributed by atoms with Crippen LogP contribution < -0.4 is 4.74 Å². The zero-order valence-corrected chi connectivity index (χ0v) is 12.6. The number of benzene rings is 2. The Morgan fingerprint density at radius 3 is 2.28 bits per heavy atom. The Morgan fingerprint density at radius 2 is 1.68 bits per heavy atom. The minimum absolute atomic E-state index is 0.168. The maximum absolute atomic E-state index is 14.1. The molecule has 0 fully saturated rings. The Morgan fingerprint density at radius 1 is 1.04 bits per heavy atom. The van der Waals surface area contributed by atoms with Gasteiger partial charge < -0.3 is 4.74 Å². The topological polar surface area (TPSA) is 63.7 Å². The van der Waals surface area contributed by atoms with Crippen LogP contribution in [-0.4, -0.2) is 22.1 Å². The third-order valence-corrected chi connectivity index (χ3v) is 3.46. The monoisotopic (exact) mass is 348 g/mol. The Hall–Kier alpha value is -3.41. The van der Waals surface area contributed by atoms with E-state index in [0.29, 0.717) is 16.0 Å². The largest absolute Gasteiger partial charge is 0.496 e. The lowest BCUT2D eigenvalue weighted by molar-refractivity contribution is 0.416. The van der Waals surface area contributed by atoms with Crippen LogP contribution in [-0.2, 0) is 0 Å². The first-order chi connectivity index (χ1) is 12.0. The molecular formula is C16H8F4N4O. The second-order valence-corrected chi connectivity index (χ2v) is 4.84. The van der Waals surface area contributed by atoms with Gasteiger partial charge in [0, 0.05) is 5.56 Å². The molecule has 0 N–H and O–H groups in total. The summed E-state index contributed by atoms with van der Waals surface area (Å²) in [6.45, 7) is 0. The lowest BCUT2D eigenvalue weighted by atomic mass is 10.1. The Balaban J connectivity index is 2.18. The molecule has 0 aliphatic heterocycles. The number of halogens is 4. The highest BCUT2D eigenvalue weighted by atomic mass is 19.2. The van der Waals surface area contributed by atoms with E-state index in [1.165, 1.54) is 7.11 Å². The van der Waals surface area contributed by atoms with Crippen molar-refractivity contribution in [3.8, 4) is 28.8 Å². The molecule has 0 spiro atoms. The van der Waals surface area contributed by atoms with Crippen LogP contribution in [0.2, 0.25) is 0 Å². The Kier molecular flexibility index (Phi) is 4.10. The number of aromatic nitrogens is 3. The molecule has 0 aliphatic carbocycles. The number of nitriles is 1. The van der Waals surface area contributed by atoms with Crippen molar-refractivity contribution in [3.05, 3.63) is 59.3 Å². The van der Waals surface area contributed by atoms with Gasteiger partial charge in [0.25, 0.3) is 0 Å². The number of nitrogens with zero attached hydrogens (tertiary/aromatic N) is 4. The van der Waals surface area contributed by atoms with Gasteiger partial charge in [0.05, 0.1) is 13.3 Å². The number of hydrogen-bond donors (Lipinski definition) is 0. The molecule has 9 heteroatoms. The molecule has 1 aromatic heterocycles. The van der Waals surface area contributed by atoms with Gasteiger partial charge in [-0.2, -0.15) is 5.26 Å². The molecule has 1 heterocycles. The van der Waals surface area contributed by atoms with Crippen molar-refractivity contribution in [1.29, 1.82) is 5.26 Å². The highest BCUT2D eigenvalue weighted by molar-refractivity contribution is 5.66. The average molecular weight is 348 g/mol. The average Bonchev–Trinajstić information content (AvgIpc) is 3.10. The number of rotatable bonds is 3. The first kappa shape index (κ1) is 16.4. The van der Waals surface area contributed by atoms with Crippen molar-refractivity contribution in [2.75, 3.05) is 7.11 Å². The van der Waals surface area contributed by atoms with E-state index < -0.39 is 34.5 Å². The molecule has 0 atom stereocenters. The molecule has 126 valence electrons. The molecule has 0 radical (unpaired) electrons. The van der Waals surface area contributed by atoms with Crippen molar-refractivity contribution < 1.29 is 22.3 Å². The third-order valence-electron chi connectivity index (χ3n) is 3.46. The summed E-state index contributed by atoms with van der Waals surface area (Å²) in [5.74, 6) is -6.66. The van der Waals surface area contributed by atoms with E-state index in [-0.39, 0.29) is 5.69 Å². The summed E-state index contributed by atoms with van der Waals surface area (Å²) in [5, 5.41) is 15.9. The molecule has 3 aromatic rings. The molecule has 0 saturated heterocycles. The smallest absolute Gasteiger partial charge is 0.189 e. The van der Waals surface area contributed by atoms with Crippen LogP contribution in [0.3, 0.4) is 0 Å². The summed E-state index contributed by atoms with van der Waals surface area (Å²) in [5.41, 5.74) is -1.82. The quantitative estimate of drug-likeness (QED) is 0.538. The van der Waals surface area contributed by atoms with E-state index in [2.05, 4.69) is 10.3 Å². The number of ether oxygens (including phenoxy) is 1.